The fourth-order valence-corrected chi connectivity index (χ4v) is 3.56. The Kier molecular flexibility index (Phi) is 5.66. The van der Waals surface area contributed by atoms with Crippen molar-refractivity contribution in [1.82, 2.24) is 4.31 Å². The first-order chi connectivity index (χ1) is 9.38. The van der Waals surface area contributed by atoms with Crippen LogP contribution in [0, 0.1) is 23.1 Å². The molecule has 1 unspecified atom stereocenters. The fraction of sp³-hybridized carbons (Fsp3) is 0.500. The van der Waals surface area contributed by atoms with Gasteiger partial charge in [0.05, 0.1) is 0 Å². The van der Waals surface area contributed by atoms with Crippen LogP contribution in [0.5, 0.6) is 0 Å². The summed E-state index contributed by atoms with van der Waals surface area (Å²) in [5.41, 5.74) is -0.421. The van der Waals surface area contributed by atoms with Crippen LogP contribution in [-0.2, 0) is 10.0 Å². The standard InChI is InChI=1S/C14H19FN2O2S/c1-4-11(3)10-17(5-2)20(18,19)14-8-6-7-13(15)12(14)9-16/h6-8,11H,4-5,10H2,1-3H3. The van der Waals surface area contributed by atoms with Crippen molar-refractivity contribution in [2.45, 2.75) is 32.1 Å². The topological polar surface area (TPSA) is 61.2 Å². The Morgan fingerprint density at radius 2 is 2.05 bits per heavy atom. The summed E-state index contributed by atoms with van der Waals surface area (Å²) in [4.78, 5) is -0.259. The summed E-state index contributed by atoms with van der Waals surface area (Å²) in [7, 11) is -3.85. The van der Waals surface area contributed by atoms with Crippen molar-refractivity contribution < 1.29 is 12.8 Å². The first-order valence-electron chi connectivity index (χ1n) is 6.57. The van der Waals surface area contributed by atoms with Crippen molar-refractivity contribution in [1.29, 1.82) is 5.26 Å². The van der Waals surface area contributed by atoms with Gasteiger partial charge in [-0.2, -0.15) is 9.57 Å². The second-order valence-electron chi connectivity index (χ2n) is 4.69. The van der Waals surface area contributed by atoms with Crippen LogP contribution < -0.4 is 0 Å². The lowest BCUT2D eigenvalue weighted by Gasteiger charge is -2.23. The van der Waals surface area contributed by atoms with Gasteiger partial charge in [-0.25, -0.2) is 12.8 Å². The van der Waals surface area contributed by atoms with Gasteiger partial charge in [0, 0.05) is 13.1 Å². The Labute approximate surface area is 119 Å². The van der Waals surface area contributed by atoms with Gasteiger partial charge in [-0.3, -0.25) is 0 Å². The second kappa shape index (κ2) is 6.82. The molecule has 1 atom stereocenters. The lowest BCUT2D eigenvalue weighted by Crippen LogP contribution is -2.35. The molecule has 1 rings (SSSR count). The van der Waals surface area contributed by atoms with E-state index in [9.17, 15) is 12.8 Å². The van der Waals surface area contributed by atoms with Crippen molar-refractivity contribution in [3.8, 4) is 6.07 Å². The Hall–Kier alpha value is -1.45. The largest absolute Gasteiger partial charge is 0.244 e. The van der Waals surface area contributed by atoms with E-state index in [1.807, 2.05) is 13.8 Å². The molecule has 20 heavy (non-hydrogen) atoms. The number of sulfonamides is 1. The molecule has 6 heteroatoms. The molecule has 0 radical (unpaired) electrons. The van der Waals surface area contributed by atoms with Crippen LogP contribution in [0.2, 0.25) is 0 Å². The number of hydrogen-bond donors (Lipinski definition) is 0. The fourth-order valence-electron chi connectivity index (χ4n) is 1.84. The molecule has 1 aromatic carbocycles. The summed E-state index contributed by atoms with van der Waals surface area (Å²) in [5, 5.41) is 8.97. The molecule has 1 aromatic rings. The van der Waals surface area contributed by atoms with Crippen LogP contribution in [-0.4, -0.2) is 25.8 Å². The Bertz CT molecular complexity index is 608. The first kappa shape index (κ1) is 16.6. The minimum Gasteiger partial charge on any atom is -0.207 e. The highest BCUT2D eigenvalue weighted by Gasteiger charge is 2.28. The molecule has 110 valence electrons. The van der Waals surface area contributed by atoms with E-state index >= 15 is 0 Å². The molecule has 0 amide bonds. The van der Waals surface area contributed by atoms with E-state index < -0.39 is 21.4 Å². The maximum atomic E-state index is 13.6. The number of hydrogen-bond acceptors (Lipinski definition) is 3. The quantitative estimate of drug-likeness (QED) is 0.811. The number of benzene rings is 1. The highest BCUT2D eigenvalue weighted by atomic mass is 32.2. The van der Waals surface area contributed by atoms with Crippen LogP contribution in [0.4, 0.5) is 4.39 Å². The zero-order valence-corrected chi connectivity index (χ0v) is 12.7. The third-order valence-electron chi connectivity index (χ3n) is 3.27. The average Bonchev–Trinajstić information content (AvgIpc) is 2.43. The second-order valence-corrected chi connectivity index (χ2v) is 6.60. The highest BCUT2D eigenvalue weighted by Crippen LogP contribution is 2.23. The molecule has 0 aromatic heterocycles. The Morgan fingerprint density at radius 1 is 1.40 bits per heavy atom. The number of nitriles is 1. The summed E-state index contributed by atoms with van der Waals surface area (Å²) in [6, 6.07) is 5.30. The van der Waals surface area contributed by atoms with Crippen LogP contribution in [0.15, 0.2) is 23.1 Å². The Morgan fingerprint density at radius 3 is 2.55 bits per heavy atom. The van der Waals surface area contributed by atoms with Gasteiger partial charge in [0.25, 0.3) is 0 Å². The normalized spacial score (nSPS) is 13.2. The van der Waals surface area contributed by atoms with Crippen molar-refractivity contribution in [3.05, 3.63) is 29.6 Å². The summed E-state index contributed by atoms with van der Waals surface area (Å²) < 4.78 is 40.0. The zero-order chi connectivity index (χ0) is 15.3. The summed E-state index contributed by atoms with van der Waals surface area (Å²) >= 11 is 0. The van der Waals surface area contributed by atoms with Gasteiger partial charge >= 0.3 is 0 Å². The van der Waals surface area contributed by atoms with Gasteiger partial charge in [0.15, 0.2) is 0 Å². The number of nitrogens with zero attached hydrogens (tertiary/aromatic N) is 2. The molecule has 4 nitrogen and oxygen atoms in total. The lowest BCUT2D eigenvalue weighted by atomic mass is 10.1. The molecule has 0 N–H and O–H groups in total. The predicted octanol–water partition coefficient (Wildman–Crippen LogP) is 2.75. The number of halogens is 1. The maximum Gasteiger partial charge on any atom is 0.244 e. The van der Waals surface area contributed by atoms with E-state index in [4.69, 9.17) is 5.26 Å². The van der Waals surface area contributed by atoms with Crippen LogP contribution >= 0.6 is 0 Å². The molecule has 0 saturated heterocycles. The molecule has 0 saturated carbocycles. The smallest absolute Gasteiger partial charge is 0.207 e. The van der Waals surface area contributed by atoms with Gasteiger partial charge in [-0.05, 0) is 18.1 Å². The van der Waals surface area contributed by atoms with Crippen LogP contribution in [0.25, 0.3) is 0 Å². The molecule has 0 aliphatic carbocycles. The average molecular weight is 298 g/mol. The van der Waals surface area contributed by atoms with Gasteiger partial charge in [0.2, 0.25) is 10.0 Å². The van der Waals surface area contributed by atoms with Crippen LogP contribution in [0.3, 0.4) is 0 Å². The summed E-state index contributed by atoms with van der Waals surface area (Å²) in [5.74, 6) is -0.614. The zero-order valence-electron chi connectivity index (χ0n) is 11.9. The molecule has 0 bridgehead atoms. The van der Waals surface area contributed by atoms with Crippen molar-refractivity contribution >= 4 is 10.0 Å². The van der Waals surface area contributed by atoms with Crippen molar-refractivity contribution in [3.63, 3.8) is 0 Å². The minimum absolute atomic E-state index is 0.198. The third kappa shape index (κ3) is 3.35. The minimum atomic E-state index is -3.85. The Balaban J connectivity index is 3.29. The lowest BCUT2D eigenvalue weighted by molar-refractivity contribution is 0.361. The van der Waals surface area contributed by atoms with E-state index in [2.05, 4.69) is 0 Å². The summed E-state index contributed by atoms with van der Waals surface area (Å²) in [6.45, 7) is 6.30. The van der Waals surface area contributed by atoms with E-state index in [1.54, 1.807) is 13.0 Å². The van der Waals surface area contributed by atoms with E-state index in [0.717, 1.165) is 12.5 Å². The first-order valence-corrected chi connectivity index (χ1v) is 8.01. The molecule has 0 aliphatic rings. The molecular weight excluding hydrogens is 279 g/mol. The van der Waals surface area contributed by atoms with E-state index in [1.165, 1.54) is 16.4 Å². The summed E-state index contributed by atoms with van der Waals surface area (Å²) in [6.07, 6.45) is 0.847. The maximum absolute atomic E-state index is 13.6. The molecule has 0 fully saturated rings. The van der Waals surface area contributed by atoms with Crippen LogP contribution in [0.1, 0.15) is 32.8 Å². The third-order valence-corrected chi connectivity index (χ3v) is 5.25. The van der Waals surface area contributed by atoms with Gasteiger partial charge in [0.1, 0.15) is 22.3 Å². The predicted molar refractivity (Wildman–Crippen MR) is 75.0 cm³/mol. The van der Waals surface area contributed by atoms with E-state index in [-0.39, 0.29) is 17.4 Å². The van der Waals surface area contributed by atoms with Crippen molar-refractivity contribution in [2.75, 3.05) is 13.1 Å². The van der Waals surface area contributed by atoms with Gasteiger partial charge in [-0.1, -0.05) is 33.3 Å². The highest BCUT2D eigenvalue weighted by molar-refractivity contribution is 7.89. The molecule has 0 aliphatic heterocycles. The van der Waals surface area contributed by atoms with Gasteiger partial charge in [-0.15, -0.1) is 0 Å². The molecule has 0 heterocycles. The van der Waals surface area contributed by atoms with E-state index in [0.29, 0.717) is 6.54 Å². The van der Waals surface area contributed by atoms with Crippen molar-refractivity contribution in [2.24, 2.45) is 5.92 Å². The molecular formula is C14H19FN2O2S. The number of rotatable bonds is 6. The van der Waals surface area contributed by atoms with Gasteiger partial charge < -0.3 is 0 Å². The molecule has 0 spiro atoms. The SMILES string of the molecule is CCC(C)CN(CC)S(=O)(=O)c1cccc(F)c1C#N. The monoisotopic (exact) mass is 298 g/mol.